The van der Waals surface area contributed by atoms with Gasteiger partial charge in [0.2, 0.25) is 5.91 Å². The van der Waals surface area contributed by atoms with E-state index in [4.69, 9.17) is 17.3 Å². The SMILES string of the molecule is CC(N)C(=O)Nc1cccnc1Cl. The van der Waals surface area contributed by atoms with Crippen molar-refractivity contribution in [3.63, 3.8) is 0 Å². The van der Waals surface area contributed by atoms with Crippen LogP contribution < -0.4 is 11.1 Å². The van der Waals surface area contributed by atoms with Crippen LogP contribution in [0.2, 0.25) is 5.15 Å². The Bertz CT molecular complexity index is 314. The maximum atomic E-state index is 11.1. The smallest absolute Gasteiger partial charge is 0.241 e. The Labute approximate surface area is 81.1 Å². The number of hydrogen-bond donors (Lipinski definition) is 2. The van der Waals surface area contributed by atoms with E-state index < -0.39 is 6.04 Å². The number of rotatable bonds is 2. The van der Waals surface area contributed by atoms with Crippen LogP contribution >= 0.6 is 11.6 Å². The lowest BCUT2D eigenvalue weighted by atomic mass is 10.3. The first-order valence-electron chi connectivity index (χ1n) is 3.78. The molecule has 0 saturated carbocycles. The monoisotopic (exact) mass is 199 g/mol. The van der Waals surface area contributed by atoms with Crippen LogP contribution in [0.3, 0.4) is 0 Å². The number of nitrogens with zero attached hydrogens (tertiary/aromatic N) is 1. The van der Waals surface area contributed by atoms with Crippen LogP contribution in [-0.2, 0) is 4.79 Å². The molecule has 3 N–H and O–H groups in total. The number of pyridine rings is 1. The Balaban J connectivity index is 2.75. The minimum absolute atomic E-state index is 0.261. The van der Waals surface area contributed by atoms with Crippen molar-refractivity contribution in [2.45, 2.75) is 13.0 Å². The number of halogens is 1. The van der Waals surface area contributed by atoms with E-state index in [0.717, 1.165) is 0 Å². The zero-order valence-corrected chi connectivity index (χ0v) is 7.88. The van der Waals surface area contributed by atoms with E-state index in [1.54, 1.807) is 25.3 Å². The van der Waals surface area contributed by atoms with Gasteiger partial charge in [-0.05, 0) is 19.1 Å². The molecule has 0 aliphatic carbocycles. The van der Waals surface area contributed by atoms with Gasteiger partial charge in [0.05, 0.1) is 11.7 Å². The first-order valence-corrected chi connectivity index (χ1v) is 4.16. The normalized spacial score (nSPS) is 12.2. The zero-order valence-electron chi connectivity index (χ0n) is 7.12. The Hall–Kier alpha value is -1.13. The van der Waals surface area contributed by atoms with Crippen LogP contribution in [0.15, 0.2) is 18.3 Å². The van der Waals surface area contributed by atoms with Gasteiger partial charge in [-0.1, -0.05) is 11.6 Å². The second-order valence-corrected chi connectivity index (χ2v) is 2.98. The standard InChI is InChI=1S/C8H10ClN3O/c1-5(10)8(13)12-6-3-2-4-11-7(6)9/h2-5H,10H2,1H3,(H,12,13). The molecule has 0 aliphatic rings. The van der Waals surface area contributed by atoms with Gasteiger partial charge in [-0.2, -0.15) is 0 Å². The number of hydrogen-bond acceptors (Lipinski definition) is 3. The Morgan fingerprint density at radius 2 is 2.46 bits per heavy atom. The topological polar surface area (TPSA) is 68.0 Å². The average molecular weight is 200 g/mol. The number of nitrogens with two attached hydrogens (primary N) is 1. The summed E-state index contributed by atoms with van der Waals surface area (Å²) in [6.07, 6.45) is 1.55. The quantitative estimate of drug-likeness (QED) is 0.699. The molecule has 1 aromatic rings. The average Bonchev–Trinajstić information content (AvgIpc) is 2.08. The van der Waals surface area contributed by atoms with E-state index in [9.17, 15) is 4.79 Å². The molecule has 0 aromatic carbocycles. The van der Waals surface area contributed by atoms with E-state index >= 15 is 0 Å². The van der Waals surface area contributed by atoms with Crippen molar-refractivity contribution in [2.75, 3.05) is 5.32 Å². The van der Waals surface area contributed by atoms with Crippen molar-refractivity contribution in [3.8, 4) is 0 Å². The van der Waals surface area contributed by atoms with Crippen LogP contribution in [0.1, 0.15) is 6.92 Å². The van der Waals surface area contributed by atoms with Gasteiger partial charge in [-0.3, -0.25) is 4.79 Å². The Kier molecular flexibility index (Phi) is 3.22. The molecule has 0 saturated heterocycles. The molecule has 13 heavy (non-hydrogen) atoms. The van der Waals surface area contributed by atoms with E-state index in [0.29, 0.717) is 5.69 Å². The van der Waals surface area contributed by atoms with E-state index in [2.05, 4.69) is 10.3 Å². The van der Waals surface area contributed by atoms with Gasteiger partial charge in [0.15, 0.2) is 5.15 Å². The van der Waals surface area contributed by atoms with Crippen LogP contribution in [-0.4, -0.2) is 16.9 Å². The van der Waals surface area contributed by atoms with Crippen LogP contribution in [0.4, 0.5) is 5.69 Å². The minimum Gasteiger partial charge on any atom is -0.322 e. The maximum Gasteiger partial charge on any atom is 0.241 e. The zero-order chi connectivity index (χ0) is 9.84. The van der Waals surface area contributed by atoms with Crippen molar-refractivity contribution in [1.82, 2.24) is 4.98 Å². The molecule has 0 aliphatic heterocycles. The summed E-state index contributed by atoms with van der Waals surface area (Å²) in [7, 11) is 0. The molecule has 1 aromatic heterocycles. The lowest BCUT2D eigenvalue weighted by molar-refractivity contribution is -0.117. The summed E-state index contributed by atoms with van der Waals surface area (Å²) in [6.45, 7) is 1.60. The van der Waals surface area contributed by atoms with Gasteiger partial charge >= 0.3 is 0 Å². The molecule has 1 heterocycles. The molecule has 70 valence electrons. The van der Waals surface area contributed by atoms with E-state index in [1.807, 2.05) is 0 Å². The fourth-order valence-corrected chi connectivity index (χ4v) is 0.892. The third-order valence-electron chi connectivity index (χ3n) is 1.43. The number of nitrogens with one attached hydrogen (secondary N) is 1. The Morgan fingerprint density at radius 3 is 3.00 bits per heavy atom. The fourth-order valence-electron chi connectivity index (χ4n) is 0.726. The number of anilines is 1. The number of amides is 1. The molecule has 1 rings (SSSR count). The second kappa shape index (κ2) is 4.20. The molecular weight excluding hydrogens is 190 g/mol. The van der Waals surface area contributed by atoms with E-state index in [-0.39, 0.29) is 11.1 Å². The van der Waals surface area contributed by atoms with Gasteiger partial charge in [0.25, 0.3) is 0 Å². The Morgan fingerprint density at radius 1 is 1.77 bits per heavy atom. The highest BCUT2D eigenvalue weighted by Crippen LogP contribution is 2.17. The number of carbonyl (C=O) groups excluding carboxylic acids is 1. The van der Waals surface area contributed by atoms with Crippen molar-refractivity contribution >= 4 is 23.2 Å². The fraction of sp³-hybridized carbons (Fsp3) is 0.250. The van der Waals surface area contributed by atoms with Gasteiger partial charge in [-0.25, -0.2) is 4.98 Å². The lowest BCUT2D eigenvalue weighted by Gasteiger charge is -2.07. The first kappa shape index (κ1) is 9.95. The van der Waals surface area contributed by atoms with Crippen molar-refractivity contribution < 1.29 is 4.79 Å². The van der Waals surface area contributed by atoms with E-state index in [1.165, 1.54) is 0 Å². The number of carbonyl (C=O) groups is 1. The highest BCUT2D eigenvalue weighted by Gasteiger charge is 2.09. The van der Waals surface area contributed by atoms with Gasteiger partial charge < -0.3 is 11.1 Å². The first-order chi connectivity index (χ1) is 6.11. The predicted molar refractivity (Wildman–Crippen MR) is 51.5 cm³/mol. The summed E-state index contributed by atoms with van der Waals surface area (Å²) >= 11 is 5.71. The molecule has 0 radical (unpaired) electrons. The molecule has 5 heteroatoms. The summed E-state index contributed by atoms with van der Waals surface area (Å²) in [4.78, 5) is 14.9. The lowest BCUT2D eigenvalue weighted by Crippen LogP contribution is -2.32. The van der Waals surface area contributed by atoms with Crippen molar-refractivity contribution in [1.29, 1.82) is 0 Å². The largest absolute Gasteiger partial charge is 0.322 e. The second-order valence-electron chi connectivity index (χ2n) is 2.62. The van der Waals surface area contributed by atoms with Crippen molar-refractivity contribution in [2.24, 2.45) is 5.73 Å². The molecule has 1 unspecified atom stereocenters. The van der Waals surface area contributed by atoms with Crippen LogP contribution in [0.25, 0.3) is 0 Å². The highest BCUT2D eigenvalue weighted by molar-refractivity contribution is 6.32. The summed E-state index contributed by atoms with van der Waals surface area (Å²) in [5.41, 5.74) is 5.84. The van der Waals surface area contributed by atoms with Crippen LogP contribution in [0, 0.1) is 0 Å². The molecule has 0 fully saturated rings. The predicted octanol–water partition coefficient (Wildman–Crippen LogP) is 1.02. The molecule has 4 nitrogen and oxygen atoms in total. The summed E-state index contributed by atoms with van der Waals surface area (Å²) in [6, 6.07) is 2.79. The maximum absolute atomic E-state index is 11.1. The van der Waals surface area contributed by atoms with Gasteiger partial charge in [-0.15, -0.1) is 0 Å². The molecule has 0 bridgehead atoms. The summed E-state index contributed by atoms with van der Waals surface area (Å²) in [5.74, 6) is -0.282. The minimum atomic E-state index is -0.559. The van der Waals surface area contributed by atoms with Crippen molar-refractivity contribution in [3.05, 3.63) is 23.5 Å². The third-order valence-corrected chi connectivity index (χ3v) is 1.73. The van der Waals surface area contributed by atoms with Gasteiger partial charge in [0, 0.05) is 6.20 Å². The molecular formula is C8H10ClN3O. The number of aromatic nitrogens is 1. The molecule has 1 amide bonds. The summed E-state index contributed by atoms with van der Waals surface area (Å²) < 4.78 is 0. The van der Waals surface area contributed by atoms with Crippen LogP contribution in [0.5, 0.6) is 0 Å². The highest BCUT2D eigenvalue weighted by atomic mass is 35.5. The third kappa shape index (κ3) is 2.68. The van der Waals surface area contributed by atoms with Gasteiger partial charge in [0.1, 0.15) is 0 Å². The molecule has 0 spiro atoms. The summed E-state index contributed by atoms with van der Waals surface area (Å²) in [5, 5.41) is 2.81. The molecule has 1 atom stereocenters.